The second kappa shape index (κ2) is 4.48. The molecule has 3 heteroatoms. The fraction of sp³-hybridized carbons (Fsp3) is 0.500. The predicted octanol–water partition coefficient (Wildman–Crippen LogP) is 4.11. The first kappa shape index (κ1) is 10.9. The number of aryl methyl sites for hydroxylation is 2. The van der Waals surface area contributed by atoms with Gasteiger partial charge in [-0.2, -0.15) is 0 Å². The van der Waals surface area contributed by atoms with Crippen molar-refractivity contribution in [1.82, 2.24) is 0 Å². The molecule has 1 unspecified atom stereocenters. The van der Waals surface area contributed by atoms with E-state index in [4.69, 9.17) is 11.6 Å². The Morgan fingerprint density at radius 2 is 1.73 bits per heavy atom. The Morgan fingerprint density at radius 1 is 1.07 bits per heavy atom. The van der Waals surface area contributed by atoms with Crippen LogP contribution < -0.4 is 0 Å². The van der Waals surface area contributed by atoms with Crippen molar-refractivity contribution >= 4 is 11.6 Å². The third-order valence-electron chi connectivity index (χ3n) is 2.91. The Hall–Kier alpha value is -0.630. The molecule has 15 heavy (non-hydrogen) atoms. The largest absolute Gasteiger partial charge is 0.258 e. The highest BCUT2D eigenvalue weighted by Crippen LogP contribution is 2.31. The molecule has 0 bridgehead atoms. The third-order valence-corrected chi connectivity index (χ3v) is 3.35. The lowest BCUT2D eigenvalue weighted by Crippen LogP contribution is -2.06. The Morgan fingerprint density at radius 3 is 2.40 bits per heavy atom. The van der Waals surface area contributed by atoms with Gasteiger partial charge in [-0.25, -0.2) is 8.78 Å². The average molecular weight is 231 g/mol. The van der Waals surface area contributed by atoms with Crippen molar-refractivity contribution in [3.8, 4) is 0 Å². The van der Waals surface area contributed by atoms with Crippen LogP contribution in [0.25, 0.3) is 0 Å². The summed E-state index contributed by atoms with van der Waals surface area (Å²) >= 11 is 5.63. The third kappa shape index (κ3) is 2.31. The zero-order chi connectivity index (χ0) is 10.8. The van der Waals surface area contributed by atoms with Gasteiger partial charge in [0.05, 0.1) is 0 Å². The molecular weight excluding hydrogens is 218 g/mol. The van der Waals surface area contributed by atoms with Gasteiger partial charge in [0.15, 0.2) is 0 Å². The van der Waals surface area contributed by atoms with E-state index in [-0.39, 0.29) is 0 Å². The molecule has 1 aromatic rings. The van der Waals surface area contributed by atoms with Gasteiger partial charge in [0.2, 0.25) is 0 Å². The van der Waals surface area contributed by atoms with Crippen molar-refractivity contribution in [2.75, 3.05) is 0 Å². The molecule has 0 saturated carbocycles. The maximum absolute atomic E-state index is 12.4. The Balaban J connectivity index is 2.27. The molecule has 82 valence electrons. The van der Waals surface area contributed by atoms with Gasteiger partial charge in [0.1, 0.15) is 5.38 Å². The van der Waals surface area contributed by atoms with E-state index in [2.05, 4.69) is 0 Å². The minimum Gasteiger partial charge on any atom is -0.208 e. The molecule has 1 aliphatic rings. The molecule has 1 atom stereocenters. The van der Waals surface area contributed by atoms with Gasteiger partial charge >= 0.3 is 0 Å². The zero-order valence-electron chi connectivity index (χ0n) is 8.35. The SMILES string of the molecule is FC(F)C(Cl)c1ccc2c(c1)CCCC2. The quantitative estimate of drug-likeness (QED) is 0.671. The van der Waals surface area contributed by atoms with Crippen LogP contribution in [0.1, 0.15) is 34.9 Å². The Labute approximate surface area is 93.2 Å². The lowest BCUT2D eigenvalue weighted by Gasteiger charge is -2.18. The zero-order valence-corrected chi connectivity index (χ0v) is 9.11. The summed E-state index contributed by atoms with van der Waals surface area (Å²) in [5.41, 5.74) is 3.04. The van der Waals surface area contributed by atoms with E-state index in [9.17, 15) is 8.78 Å². The number of fused-ring (bicyclic) bond motifs is 1. The summed E-state index contributed by atoms with van der Waals surface area (Å²) in [5, 5.41) is -1.17. The summed E-state index contributed by atoms with van der Waals surface area (Å²) in [6.07, 6.45) is 1.92. The standard InChI is InChI=1S/C12H13ClF2/c13-11(12(14)15)10-6-5-8-3-1-2-4-9(8)7-10/h5-7,11-12H,1-4H2. The summed E-state index contributed by atoms with van der Waals surface area (Å²) in [5.74, 6) is 0. The van der Waals surface area contributed by atoms with E-state index in [0.717, 1.165) is 19.3 Å². The number of halogens is 3. The van der Waals surface area contributed by atoms with Gasteiger partial charge in [-0.3, -0.25) is 0 Å². The molecule has 0 fully saturated rings. The van der Waals surface area contributed by atoms with Crippen molar-refractivity contribution in [1.29, 1.82) is 0 Å². The van der Waals surface area contributed by atoms with E-state index in [0.29, 0.717) is 5.56 Å². The number of rotatable bonds is 2. The van der Waals surface area contributed by atoms with Gasteiger partial charge in [-0.05, 0) is 42.4 Å². The molecule has 0 nitrogen and oxygen atoms in total. The lowest BCUT2D eigenvalue weighted by atomic mass is 9.90. The molecule has 0 aromatic heterocycles. The monoisotopic (exact) mass is 230 g/mol. The van der Waals surface area contributed by atoms with Gasteiger partial charge in [0, 0.05) is 0 Å². The van der Waals surface area contributed by atoms with Gasteiger partial charge < -0.3 is 0 Å². The average Bonchev–Trinajstić information content (AvgIpc) is 2.27. The maximum atomic E-state index is 12.4. The number of hydrogen-bond donors (Lipinski definition) is 0. The number of benzene rings is 1. The van der Waals surface area contributed by atoms with Crippen LogP contribution in [0, 0.1) is 0 Å². The maximum Gasteiger partial charge on any atom is 0.258 e. The molecule has 1 aromatic carbocycles. The Bertz CT molecular complexity index is 349. The topological polar surface area (TPSA) is 0 Å². The summed E-state index contributed by atoms with van der Waals surface area (Å²) in [4.78, 5) is 0. The second-order valence-corrected chi connectivity index (χ2v) is 4.44. The first-order chi connectivity index (χ1) is 7.18. The van der Waals surface area contributed by atoms with Crippen molar-refractivity contribution in [3.63, 3.8) is 0 Å². The fourth-order valence-electron chi connectivity index (χ4n) is 2.07. The van der Waals surface area contributed by atoms with Crippen molar-refractivity contribution in [3.05, 3.63) is 34.9 Å². The summed E-state index contributed by atoms with van der Waals surface area (Å²) < 4.78 is 24.8. The van der Waals surface area contributed by atoms with Crippen LogP contribution in [0.15, 0.2) is 18.2 Å². The van der Waals surface area contributed by atoms with E-state index >= 15 is 0 Å². The van der Waals surface area contributed by atoms with Crippen molar-refractivity contribution in [2.24, 2.45) is 0 Å². The van der Waals surface area contributed by atoms with Gasteiger partial charge in [0.25, 0.3) is 6.43 Å². The second-order valence-electron chi connectivity index (χ2n) is 3.97. The molecule has 0 amide bonds. The predicted molar refractivity (Wildman–Crippen MR) is 57.7 cm³/mol. The number of hydrogen-bond acceptors (Lipinski definition) is 0. The van der Waals surface area contributed by atoms with E-state index in [1.54, 1.807) is 6.07 Å². The van der Waals surface area contributed by atoms with E-state index in [1.807, 2.05) is 12.1 Å². The van der Waals surface area contributed by atoms with E-state index < -0.39 is 11.8 Å². The van der Waals surface area contributed by atoms with Crippen LogP contribution in [-0.2, 0) is 12.8 Å². The lowest BCUT2D eigenvalue weighted by molar-refractivity contribution is 0.143. The molecule has 2 rings (SSSR count). The smallest absolute Gasteiger partial charge is 0.208 e. The van der Waals surface area contributed by atoms with Crippen molar-refractivity contribution < 1.29 is 8.78 Å². The highest BCUT2D eigenvalue weighted by Gasteiger charge is 2.20. The van der Waals surface area contributed by atoms with E-state index in [1.165, 1.54) is 17.5 Å². The van der Waals surface area contributed by atoms with Crippen LogP contribution in [0.2, 0.25) is 0 Å². The van der Waals surface area contributed by atoms with Crippen molar-refractivity contribution in [2.45, 2.75) is 37.5 Å². The molecule has 0 radical (unpaired) electrons. The summed E-state index contributed by atoms with van der Waals surface area (Å²) in [7, 11) is 0. The highest BCUT2D eigenvalue weighted by molar-refractivity contribution is 6.21. The molecule has 0 spiro atoms. The fourth-order valence-corrected chi connectivity index (χ4v) is 2.21. The van der Waals surface area contributed by atoms with Crippen LogP contribution >= 0.6 is 11.6 Å². The molecule has 0 aliphatic heterocycles. The molecule has 1 aliphatic carbocycles. The summed E-state index contributed by atoms with van der Waals surface area (Å²) in [6, 6.07) is 5.52. The number of alkyl halides is 3. The molecule has 0 N–H and O–H groups in total. The van der Waals surface area contributed by atoms with Crippen LogP contribution in [-0.4, -0.2) is 6.43 Å². The van der Waals surface area contributed by atoms with Gasteiger partial charge in [-0.15, -0.1) is 11.6 Å². The first-order valence-corrected chi connectivity index (χ1v) is 5.66. The molecular formula is C12H13ClF2. The van der Waals surface area contributed by atoms with Crippen LogP contribution in [0.3, 0.4) is 0 Å². The van der Waals surface area contributed by atoms with Crippen LogP contribution in [0.5, 0.6) is 0 Å². The molecule has 0 heterocycles. The summed E-state index contributed by atoms with van der Waals surface area (Å²) in [6.45, 7) is 0. The first-order valence-electron chi connectivity index (χ1n) is 5.22. The molecule has 0 saturated heterocycles. The normalized spacial score (nSPS) is 17.6. The van der Waals surface area contributed by atoms with Crippen LogP contribution in [0.4, 0.5) is 8.78 Å². The highest BCUT2D eigenvalue weighted by atomic mass is 35.5. The minimum atomic E-state index is -2.49. The Kier molecular flexibility index (Phi) is 3.25. The minimum absolute atomic E-state index is 0.548. The van der Waals surface area contributed by atoms with Gasteiger partial charge in [-0.1, -0.05) is 18.2 Å².